The van der Waals surface area contributed by atoms with Gasteiger partial charge < -0.3 is 5.11 Å². The van der Waals surface area contributed by atoms with Gasteiger partial charge in [0.2, 0.25) is 0 Å². The number of hydrogen-bond donors (Lipinski definition) is 1. The Morgan fingerprint density at radius 2 is 1.24 bits per heavy atom. The number of phenols is 1. The number of benzene rings is 7. The van der Waals surface area contributed by atoms with E-state index in [-0.39, 0.29) is 44.2 Å². The van der Waals surface area contributed by atoms with Gasteiger partial charge in [-0.25, -0.2) is 4.98 Å². The molecule has 0 radical (unpaired) electrons. The van der Waals surface area contributed by atoms with Crippen molar-refractivity contribution < 1.29 is 38.5 Å². The average molecular weight is 1010 g/mol. The molecule has 0 fully saturated rings. The summed E-state index contributed by atoms with van der Waals surface area (Å²) in [7, 11) is 0. The maximum Gasteiger partial charge on any atom is 0.148 e. The first kappa shape index (κ1) is 33.2. The first-order valence-corrected chi connectivity index (χ1v) is 20.9. The van der Waals surface area contributed by atoms with Gasteiger partial charge in [0.25, 0.3) is 0 Å². The predicted molar refractivity (Wildman–Crippen MR) is 259 cm³/mol. The van der Waals surface area contributed by atoms with Gasteiger partial charge in [-0.3, -0.25) is 9.55 Å². The van der Waals surface area contributed by atoms with E-state index in [0.29, 0.717) is 44.8 Å². The molecule has 0 amide bonds. The zero-order chi connectivity index (χ0) is 50.6. The third kappa shape index (κ3) is 8.58. The summed E-state index contributed by atoms with van der Waals surface area (Å²) in [6.45, 7) is -2.27. The molecule has 1 N–H and O–H groups in total. The predicted octanol–water partition coefficient (Wildman–Crippen LogP) is 15.5. The number of fused-ring (bicyclic) bond motifs is 1. The molecule has 4 nitrogen and oxygen atoms in total. The normalized spacial score (nSPS) is 14.3. The van der Waals surface area contributed by atoms with E-state index in [1.165, 1.54) is 12.1 Å². The summed E-state index contributed by atoms with van der Waals surface area (Å²) in [5.41, 5.74) is 7.84. The Bertz CT molecular complexity index is 3370. The van der Waals surface area contributed by atoms with Crippen LogP contribution in [0.5, 0.6) is 5.75 Å². The van der Waals surface area contributed by atoms with E-state index in [1.807, 2.05) is 97.3 Å². The molecular formula is C58H52N3OPt-. The second-order valence-corrected chi connectivity index (χ2v) is 16.5. The van der Waals surface area contributed by atoms with E-state index in [2.05, 4.69) is 62.4 Å². The number of rotatable bonds is 9. The van der Waals surface area contributed by atoms with Crippen molar-refractivity contribution in [2.24, 2.45) is 0 Å². The molecule has 0 unspecified atom stereocenters. The number of nitrogens with zero attached hydrogens (tertiary/aromatic N) is 3. The van der Waals surface area contributed by atoms with Crippen molar-refractivity contribution in [3.8, 4) is 78.6 Å². The fourth-order valence-electron chi connectivity index (χ4n) is 8.22. The molecule has 9 rings (SSSR count). The zero-order valence-electron chi connectivity index (χ0n) is 44.4. The molecule has 2 aromatic heterocycles. The summed E-state index contributed by atoms with van der Waals surface area (Å²) in [4.78, 5) is 10.3. The Balaban J connectivity index is 0.00000693. The minimum absolute atomic E-state index is 0. The number of para-hydroxylation sites is 1. The average Bonchev–Trinajstić information content (AvgIpc) is 3.73. The molecule has 0 bridgehead atoms. The van der Waals surface area contributed by atoms with Crippen LogP contribution in [0.25, 0.3) is 83.9 Å². The van der Waals surface area contributed by atoms with Gasteiger partial charge in [-0.2, -0.15) is 0 Å². The van der Waals surface area contributed by atoms with Crippen molar-refractivity contribution >= 4 is 11.0 Å². The molecule has 0 spiro atoms. The van der Waals surface area contributed by atoms with Crippen LogP contribution in [0.15, 0.2) is 170 Å². The molecule has 63 heavy (non-hydrogen) atoms. The van der Waals surface area contributed by atoms with E-state index < -0.39 is 26.0 Å². The largest absolute Gasteiger partial charge is 0.507 e. The summed E-state index contributed by atoms with van der Waals surface area (Å²) in [5, 5.41) is 12.4. The van der Waals surface area contributed by atoms with Crippen LogP contribution in [0.3, 0.4) is 0 Å². The number of phenolic OH excluding ortho intramolecular Hbond substituents is 1. The Hall–Kier alpha value is -6.35. The smallest absolute Gasteiger partial charge is 0.148 e. The molecule has 316 valence electrons. The Kier molecular flexibility index (Phi) is 9.39. The minimum Gasteiger partial charge on any atom is -0.507 e. The van der Waals surface area contributed by atoms with Crippen LogP contribution in [-0.2, 0) is 26.5 Å². The fourth-order valence-corrected chi connectivity index (χ4v) is 8.22. The van der Waals surface area contributed by atoms with Crippen LogP contribution in [0.2, 0.25) is 0 Å². The Morgan fingerprint density at radius 1 is 0.587 bits per heavy atom. The number of pyridine rings is 1. The summed E-state index contributed by atoms with van der Waals surface area (Å²) in [6.07, 6.45) is 1.80. The van der Waals surface area contributed by atoms with Gasteiger partial charge in [0, 0.05) is 50.9 Å². The van der Waals surface area contributed by atoms with Crippen LogP contribution < -0.4 is 0 Å². The quantitative estimate of drug-likeness (QED) is 0.147. The van der Waals surface area contributed by atoms with Gasteiger partial charge >= 0.3 is 0 Å². The molecule has 0 aliphatic rings. The first-order chi connectivity index (χ1) is 33.7. The third-order valence-corrected chi connectivity index (χ3v) is 11.5. The van der Waals surface area contributed by atoms with Crippen molar-refractivity contribution in [3.05, 3.63) is 193 Å². The van der Waals surface area contributed by atoms with E-state index >= 15 is 0 Å². The van der Waals surface area contributed by atoms with E-state index in [0.717, 1.165) is 50.2 Å². The maximum atomic E-state index is 12.4. The molecule has 9 aromatic rings. The number of hydrogen-bond acceptors (Lipinski definition) is 3. The third-order valence-electron chi connectivity index (χ3n) is 11.5. The van der Waals surface area contributed by atoms with Crippen molar-refractivity contribution in [2.45, 2.75) is 65.5 Å². The molecule has 5 heteroatoms. The summed E-state index contributed by atoms with van der Waals surface area (Å²) >= 11 is 0. The van der Waals surface area contributed by atoms with Crippen LogP contribution in [0.4, 0.5) is 0 Å². The molecular weight excluding hydrogens is 950 g/mol. The fraction of sp³-hybridized carbons (Fsp3) is 0.172. The second-order valence-electron chi connectivity index (χ2n) is 16.5. The van der Waals surface area contributed by atoms with Gasteiger partial charge in [0.15, 0.2) is 0 Å². The van der Waals surface area contributed by atoms with Crippen molar-refractivity contribution in [1.82, 2.24) is 14.5 Å². The van der Waals surface area contributed by atoms with E-state index in [4.69, 9.17) is 22.3 Å². The van der Waals surface area contributed by atoms with Crippen molar-refractivity contribution in [3.63, 3.8) is 0 Å². The van der Waals surface area contributed by atoms with E-state index in [1.54, 1.807) is 36.5 Å². The van der Waals surface area contributed by atoms with Gasteiger partial charge in [0.1, 0.15) is 11.6 Å². The summed E-state index contributed by atoms with van der Waals surface area (Å²) in [5.74, 6) is 0.381. The first-order valence-electron chi connectivity index (χ1n) is 25.4. The zero-order valence-corrected chi connectivity index (χ0v) is 37.7. The molecule has 0 saturated heterocycles. The van der Waals surface area contributed by atoms with Crippen molar-refractivity contribution in [1.29, 1.82) is 0 Å². The molecule has 0 saturated carbocycles. The molecule has 7 aromatic carbocycles. The van der Waals surface area contributed by atoms with Crippen LogP contribution in [0.1, 0.15) is 89.1 Å². The monoisotopic (exact) mass is 1010 g/mol. The van der Waals surface area contributed by atoms with Crippen molar-refractivity contribution in [2.75, 3.05) is 0 Å². The topological polar surface area (TPSA) is 50.9 Å². The van der Waals surface area contributed by atoms with Crippen LogP contribution in [0, 0.1) is 6.07 Å². The van der Waals surface area contributed by atoms with Gasteiger partial charge in [-0.1, -0.05) is 186 Å². The van der Waals surface area contributed by atoms with E-state index in [9.17, 15) is 5.11 Å². The Labute approximate surface area is 399 Å². The number of imidazole rings is 1. The standard InChI is InChI=1S/C58H52N3O.Pt/c1-37(2)43-33-49(38(3)4)56(62)51(34-43)57-60-55-48(24-17-25-54(55)61(57)53-27-26-47(58(5,6)7)36-50(53)41-22-15-10-16-23-41)45-30-44(40-20-13-9-14-21-40)31-46(32-45)52-35-42(28-29-59-52)39-18-11-8-12-19-39;/h8-31,33-38,62H,1-7H3;/q-1;/i5D3,6D3,7D3;. The van der Waals surface area contributed by atoms with Gasteiger partial charge in [-0.15, -0.1) is 23.8 Å². The number of aromatic nitrogens is 3. The molecule has 0 aliphatic carbocycles. The van der Waals surface area contributed by atoms with Gasteiger partial charge in [0.05, 0.1) is 22.3 Å². The maximum absolute atomic E-state index is 12.4. The van der Waals surface area contributed by atoms with Crippen LogP contribution >= 0.6 is 0 Å². The molecule has 0 aliphatic heterocycles. The SMILES string of the molecule is [2H]C([2H])([2H])C(c1ccc(-n2c(-c3cc(C(C)C)cc(C(C)C)c3O)nc3c(-c4[c-]c(-c5cc(-c6ccccc6)ccn5)cc(-c5ccccc5)c4)cccc32)c(-c2ccccc2)c1)(C([2H])([2H])[2H])C([2H])([2H])[2H].[Pt]. The van der Waals surface area contributed by atoms with Gasteiger partial charge in [-0.05, 0) is 86.5 Å². The minimum atomic E-state index is -3.49. The molecule has 0 atom stereocenters. The Morgan fingerprint density at radius 3 is 1.89 bits per heavy atom. The summed E-state index contributed by atoms with van der Waals surface area (Å²) in [6, 6.07) is 55.1. The number of aromatic hydroxyl groups is 1. The summed E-state index contributed by atoms with van der Waals surface area (Å²) < 4.78 is 79.3. The van der Waals surface area contributed by atoms with Crippen LogP contribution in [-0.4, -0.2) is 19.6 Å². The second kappa shape index (κ2) is 17.8. The molecule has 2 heterocycles.